The summed E-state index contributed by atoms with van der Waals surface area (Å²) in [6.45, 7) is 4.64. The van der Waals surface area contributed by atoms with E-state index in [-0.39, 0.29) is 53.4 Å². The van der Waals surface area contributed by atoms with Gasteiger partial charge in [-0.1, -0.05) is 0 Å². The molecule has 5 rings (SSSR count). The number of hydrogen-bond donors (Lipinski definition) is 3. The van der Waals surface area contributed by atoms with Gasteiger partial charge in [0.15, 0.2) is 5.78 Å². The van der Waals surface area contributed by atoms with Crippen molar-refractivity contribution in [2.45, 2.75) is 50.8 Å². The third kappa shape index (κ3) is 6.07. The van der Waals surface area contributed by atoms with Crippen molar-refractivity contribution in [1.29, 1.82) is 0 Å². The van der Waals surface area contributed by atoms with Crippen LogP contribution < -0.4 is 15.8 Å². The Morgan fingerprint density at radius 3 is 2.44 bits per heavy atom. The third-order valence-corrected chi connectivity index (χ3v) is 7.87. The Bertz CT molecular complexity index is 1860. The SMILES string of the molecule is Cc1cnc2c(NC(=O)C(F)(F)F)cc(C(=O)CC[C@](C)(O)c3cc4c(c(-c5ccc(F)cc5)n3)OC[C@]4(C)C(N)=O)cc2c1. The topological polar surface area (TPSA) is 144 Å². The van der Waals surface area contributed by atoms with Crippen LogP contribution in [0.3, 0.4) is 0 Å². The molecule has 1 aliphatic rings. The number of fused-ring (bicyclic) bond motifs is 2. The fourth-order valence-corrected chi connectivity index (χ4v) is 5.11. The highest BCUT2D eigenvalue weighted by Gasteiger charge is 2.45. The first kappa shape index (κ1) is 31.5. The second kappa shape index (κ2) is 11.2. The summed E-state index contributed by atoms with van der Waals surface area (Å²) in [5, 5.41) is 13.7. The van der Waals surface area contributed by atoms with Crippen LogP contribution in [0.2, 0.25) is 0 Å². The molecule has 2 aromatic carbocycles. The van der Waals surface area contributed by atoms with Gasteiger partial charge in [-0.05, 0) is 81.3 Å². The molecule has 45 heavy (non-hydrogen) atoms. The maximum absolute atomic E-state index is 13.7. The molecule has 2 aromatic heterocycles. The molecule has 4 aromatic rings. The number of nitrogens with two attached hydrogens (primary N) is 1. The number of aliphatic hydroxyl groups is 1. The second-order valence-corrected chi connectivity index (χ2v) is 11.5. The summed E-state index contributed by atoms with van der Waals surface area (Å²) >= 11 is 0. The first-order valence-electron chi connectivity index (χ1n) is 13.8. The lowest BCUT2D eigenvalue weighted by Gasteiger charge is -2.26. The summed E-state index contributed by atoms with van der Waals surface area (Å²) in [5.74, 6) is -3.66. The number of aromatic nitrogens is 2. The maximum Gasteiger partial charge on any atom is 0.471 e. The van der Waals surface area contributed by atoms with E-state index in [0.29, 0.717) is 22.1 Å². The van der Waals surface area contributed by atoms with E-state index in [4.69, 9.17) is 10.5 Å². The predicted molar refractivity (Wildman–Crippen MR) is 156 cm³/mol. The van der Waals surface area contributed by atoms with Gasteiger partial charge < -0.3 is 20.9 Å². The van der Waals surface area contributed by atoms with Gasteiger partial charge in [0, 0.05) is 34.7 Å². The zero-order valence-electron chi connectivity index (χ0n) is 24.4. The number of carbonyl (C=O) groups excluding carboxylic acids is 3. The highest BCUT2D eigenvalue weighted by Crippen LogP contribution is 2.46. The highest BCUT2D eigenvalue weighted by molar-refractivity contribution is 6.07. The molecule has 0 fully saturated rings. The van der Waals surface area contributed by atoms with Gasteiger partial charge in [-0.25, -0.2) is 9.37 Å². The molecule has 3 heterocycles. The van der Waals surface area contributed by atoms with Crippen molar-refractivity contribution >= 4 is 34.2 Å². The molecule has 1 aliphatic heterocycles. The number of nitrogens with zero attached hydrogens (tertiary/aromatic N) is 2. The fraction of sp³-hybridized carbons (Fsp3) is 0.281. The molecule has 0 aliphatic carbocycles. The van der Waals surface area contributed by atoms with Gasteiger partial charge in [-0.2, -0.15) is 13.2 Å². The minimum Gasteiger partial charge on any atom is -0.489 e. The van der Waals surface area contributed by atoms with E-state index in [0.717, 1.165) is 6.07 Å². The Hall–Kier alpha value is -4.91. The Kier molecular flexibility index (Phi) is 7.86. The number of aryl methyl sites for hydroxylation is 1. The number of halogens is 4. The summed E-state index contributed by atoms with van der Waals surface area (Å²) in [7, 11) is 0. The first-order chi connectivity index (χ1) is 21.0. The molecule has 9 nitrogen and oxygen atoms in total. The molecule has 13 heteroatoms. The smallest absolute Gasteiger partial charge is 0.471 e. The molecule has 234 valence electrons. The van der Waals surface area contributed by atoms with Crippen LogP contribution in [0.5, 0.6) is 5.75 Å². The molecular weight excluding hydrogens is 596 g/mol. The summed E-state index contributed by atoms with van der Waals surface area (Å²) in [4.78, 5) is 46.3. The Morgan fingerprint density at radius 1 is 1.11 bits per heavy atom. The van der Waals surface area contributed by atoms with Crippen molar-refractivity contribution in [1.82, 2.24) is 9.97 Å². The van der Waals surface area contributed by atoms with Gasteiger partial charge in [0.2, 0.25) is 5.91 Å². The van der Waals surface area contributed by atoms with Gasteiger partial charge in [0.1, 0.15) is 34.9 Å². The Balaban J connectivity index is 1.49. The van der Waals surface area contributed by atoms with Crippen LogP contribution in [-0.2, 0) is 20.6 Å². The minimum atomic E-state index is -5.17. The van der Waals surface area contributed by atoms with Crippen LogP contribution in [0.4, 0.5) is 23.2 Å². The van der Waals surface area contributed by atoms with Gasteiger partial charge in [-0.3, -0.25) is 19.4 Å². The molecule has 0 unspecified atom stereocenters. The lowest BCUT2D eigenvalue weighted by atomic mass is 9.81. The molecule has 0 spiro atoms. The predicted octanol–water partition coefficient (Wildman–Crippen LogP) is 5.25. The van der Waals surface area contributed by atoms with Crippen molar-refractivity contribution < 1.29 is 41.8 Å². The Morgan fingerprint density at radius 2 is 1.80 bits per heavy atom. The summed E-state index contributed by atoms with van der Waals surface area (Å²) < 4.78 is 58.5. The molecule has 4 N–H and O–H groups in total. The van der Waals surface area contributed by atoms with Gasteiger partial charge in [-0.15, -0.1) is 0 Å². The van der Waals surface area contributed by atoms with Crippen LogP contribution in [0, 0.1) is 12.7 Å². The lowest BCUT2D eigenvalue weighted by Crippen LogP contribution is -2.40. The monoisotopic (exact) mass is 624 g/mol. The van der Waals surface area contributed by atoms with Crippen molar-refractivity contribution in [2.24, 2.45) is 5.73 Å². The summed E-state index contributed by atoms with van der Waals surface area (Å²) in [6.07, 6.45) is -4.22. The lowest BCUT2D eigenvalue weighted by molar-refractivity contribution is -0.167. The largest absolute Gasteiger partial charge is 0.489 e. The normalized spacial score (nSPS) is 17.3. The number of primary amides is 1. The fourth-order valence-electron chi connectivity index (χ4n) is 5.11. The van der Waals surface area contributed by atoms with Crippen molar-refractivity contribution in [3.05, 3.63) is 82.9 Å². The van der Waals surface area contributed by atoms with Gasteiger partial charge in [0.05, 0.1) is 16.9 Å². The number of carbonyl (C=O) groups is 3. The highest BCUT2D eigenvalue weighted by atomic mass is 19.4. The van der Waals surface area contributed by atoms with Crippen LogP contribution in [0.1, 0.15) is 53.9 Å². The van der Waals surface area contributed by atoms with Crippen molar-refractivity contribution in [2.75, 3.05) is 11.9 Å². The van der Waals surface area contributed by atoms with Crippen LogP contribution >= 0.6 is 0 Å². The third-order valence-electron chi connectivity index (χ3n) is 7.87. The Labute approximate surface area is 254 Å². The van der Waals surface area contributed by atoms with Crippen LogP contribution in [0.15, 0.2) is 54.7 Å². The van der Waals surface area contributed by atoms with E-state index < -0.39 is 40.6 Å². The number of hydrogen-bond acceptors (Lipinski definition) is 7. The number of amides is 2. The standard InChI is InChI=1S/C32H28F4N4O5/c1-16-10-19-11-18(12-22(25(19)38-14-16)39-29(43)32(34,35)36)23(41)8-9-31(3,44)24-13-21-27(45-15-30(21,2)28(37)42)26(40-24)17-4-6-20(33)7-5-17/h4-7,10-14,44H,8-9,15H2,1-3H3,(H2,37,42)(H,39,43)/t30-,31-/m0/s1. The summed E-state index contributed by atoms with van der Waals surface area (Å²) in [5.41, 5.74) is 4.26. The molecular formula is C32H28F4N4O5. The van der Waals surface area contributed by atoms with E-state index in [1.54, 1.807) is 25.2 Å². The number of anilines is 1. The molecule has 0 saturated heterocycles. The van der Waals surface area contributed by atoms with Crippen molar-refractivity contribution in [3.8, 4) is 17.0 Å². The number of ether oxygens (including phenoxy) is 1. The number of pyridine rings is 2. The first-order valence-corrected chi connectivity index (χ1v) is 13.8. The summed E-state index contributed by atoms with van der Waals surface area (Å²) in [6, 6.07) is 11.0. The zero-order valence-corrected chi connectivity index (χ0v) is 24.4. The van der Waals surface area contributed by atoms with E-state index in [1.165, 1.54) is 49.5 Å². The average Bonchev–Trinajstić information content (AvgIpc) is 3.33. The van der Waals surface area contributed by atoms with E-state index in [1.807, 2.05) is 0 Å². The number of alkyl halides is 3. The number of benzene rings is 2. The molecule has 0 bridgehead atoms. The zero-order chi connectivity index (χ0) is 32.9. The minimum absolute atomic E-state index is 0.00760. The molecule has 2 atom stereocenters. The molecule has 0 radical (unpaired) electrons. The average molecular weight is 625 g/mol. The second-order valence-electron chi connectivity index (χ2n) is 11.5. The van der Waals surface area contributed by atoms with E-state index in [9.17, 15) is 37.1 Å². The van der Waals surface area contributed by atoms with Gasteiger partial charge in [0.25, 0.3) is 0 Å². The number of Topliss-reactive ketones (excluding diaryl/α,β-unsaturated/α-hetero) is 1. The molecule has 0 saturated carbocycles. The van der Waals surface area contributed by atoms with Crippen molar-refractivity contribution in [3.63, 3.8) is 0 Å². The number of ketones is 1. The van der Waals surface area contributed by atoms with Gasteiger partial charge >= 0.3 is 12.1 Å². The number of rotatable bonds is 8. The van der Waals surface area contributed by atoms with E-state index in [2.05, 4.69) is 9.97 Å². The van der Waals surface area contributed by atoms with E-state index >= 15 is 0 Å². The maximum atomic E-state index is 13.7. The quantitative estimate of drug-likeness (QED) is 0.179. The number of nitrogens with one attached hydrogen (secondary N) is 1. The van der Waals surface area contributed by atoms with Crippen LogP contribution in [-0.4, -0.2) is 45.5 Å². The van der Waals surface area contributed by atoms with Crippen LogP contribution in [0.25, 0.3) is 22.2 Å². The molecule has 2 amide bonds.